The second-order valence-corrected chi connectivity index (χ2v) is 2.49. The molecule has 1 aliphatic carbocycles. The maximum atomic E-state index is 5.36. The topological polar surface area (TPSA) is 21.6 Å². The lowest BCUT2D eigenvalue weighted by Crippen LogP contribution is -2.22. The highest BCUT2D eigenvalue weighted by Gasteiger charge is 2.17. The molecule has 1 aliphatic heterocycles. The van der Waals surface area contributed by atoms with Crippen molar-refractivity contribution in [3.8, 4) is 0 Å². The average Bonchev–Trinajstić information content (AvgIpc) is 2.28. The number of allylic oxidation sites excluding steroid dienone is 3. The third-order valence-electron chi connectivity index (χ3n) is 1.72. The third kappa shape index (κ3) is 1.24. The number of nitrogens with zero attached hydrogens (tertiary/aromatic N) is 1. The molecule has 0 radical (unpaired) electrons. The molecule has 2 unspecified atom stereocenters. The van der Waals surface area contributed by atoms with Crippen molar-refractivity contribution in [3.63, 3.8) is 0 Å². The van der Waals surface area contributed by atoms with Crippen LogP contribution in [0.1, 0.15) is 0 Å². The molecule has 0 amide bonds. The minimum Gasteiger partial charge on any atom is -0.491 e. The molecule has 0 spiro atoms. The Labute approximate surface area is 65.6 Å². The number of ether oxygens (including phenoxy) is 1. The predicted octanol–water partition coefficient (Wildman–Crippen LogP) is 1.46. The molecular weight excluding hydrogens is 138 g/mol. The van der Waals surface area contributed by atoms with Gasteiger partial charge in [-0.3, -0.25) is 4.99 Å². The molecule has 0 aromatic carbocycles. The van der Waals surface area contributed by atoms with Gasteiger partial charge in [-0.25, -0.2) is 0 Å². The van der Waals surface area contributed by atoms with E-state index in [1.165, 1.54) is 0 Å². The van der Waals surface area contributed by atoms with Crippen molar-refractivity contribution in [3.05, 3.63) is 36.6 Å². The summed E-state index contributed by atoms with van der Waals surface area (Å²) in [6.45, 7) is 0. The van der Waals surface area contributed by atoms with E-state index >= 15 is 0 Å². The number of rotatable bonds is 0. The first-order chi connectivity index (χ1) is 5.47. The molecule has 0 fully saturated rings. The second-order valence-electron chi connectivity index (χ2n) is 2.49. The predicted molar refractivity (Wildman–Crippen MR) is 44.6 cm³/mol. The molecule has 2 nitrogen and oxygen atoms in total. The van der Waals surface area contributed by atoms with E-state index in [9.17, 15) is 0 Å². The van der Waals surface area contributed by atoms with Crippen molar-refractivity contribution in [2.24, 2.45) is 4.99 Å². The Kier molecular flexibility index (Phi) is 1.60. The van der Waals surface area contributed by atoms with Gasteiger partial charge in [-0.15, -0.1) is 0 Å². The maximum Gasteiger partial charge on any atom is 0.142 e. The molecule has 0 bridgehead atoms. The lowest BCUT2D eigenvalue weighted by molar-refractivity contribution is 0.176. The zero-order valence-corrected chi connectivity index (χ0v) is 6.05. The van der Waals surface area contributed by atoms with Crippen LogP contribution in [0.3, 0.4) is 0 Å². The fourth-order valence-electron chi connectivity index (χ4n) is 1.16. The third-order valence-corrected chi connectivity index (χ3v) is 1.72. The highest BCUT2D eigenvalue weighted by Crippen LogP contribution is 2.13. The molecule has 2 atom stereocenters. The summed E-state index contributed by atoms with van der Waals surface area (Å²) >= 11 is 0. The van der Waals surface area contributed by atoms with E-state index in [0.29, 0.717) is 0 Å². The van der Waals surface area contributed by atoms with Gasteiger partial charge in [0.05, 0.1) is 6.26 Å². The largest absolute Gasteiger partial charge is 0.491 e. The summed E-state index contributed by atoms with van der Waals surface area (Å²) in [7, 11) is 0. The molecule has 2 rings (SSSR count). The van der Waals surface area contributed by atoms with Crippen molar-refractivity contribution in [2.45, 2.75) is 12.1 Å². The number of hydrogen-bond acceptors (Lipinski definition) is 2. The minimum absolute atomic E-state index is 0.0926. The van der Waals surface area contributed by atoms with Crippen molar-refractivity contribution < 1.29 is 4.74 Å². The SMILES string of the molecule is C1=COC2C=CC=CC2N=C1. The van der Waals surface area contributed by atoms with Gasteiger partial charge in [0, 0.05) is 6.21 Å². The van der Waals surface area contributed by atoms with E-state index in [4.69, 9.17) is 4.74 Å². The number of fused-ring (bicyclic) bond motifs is 1. The Hall–Kier alpha value is -1.31. The summed E-state index contributed by atoms with van der Waals surface area (Å²) in [5, 5.41) is 0. The van der Waals surface area contributed by atoms with Crippen LogP contribution in [0.15, 0.2) is 41.6 Å². The number of aliphatic imine (C=N–C) groups is 1. The molecule has 0 N–H and O–H groups in total. The molecule has 0 saturated carbocycles. The Balaban J connectivity index is 2.23. The van der Waals surface area contributed by atoms with Gasteiger partial charge in [-0.2, -0.15) is 0 Å². The molecular formula is C9H9NO. The van der Waals surface area contributed by atoms with Gasteiger partial charge in [0.2, 0.25) is 0 Å². The van der Waals surface area contributed by atoms with Crippen LogP contribution in [-0.4, -0.2) is 18.4 Å². The van der Waals surface area contributed by atoms with Gasteiger partial charge in [0.25, 0.3) is 0 Å². The number of hydrogen-bond donors (Lipinski definition) is 0. The molecule has 2 heteroatoms. The van der Waals surface area contributed by atoms with Gasteiger partial charge in [0.1, 0.15) is 12.1 Å². The molecule has 2 aliphatic rings. The summed E-state index contributed by atoms with van der Waals surface area (Å²) < 4.78 is 5.36. The first-order valence-electron chi connectivity index (χ1n) is 3.65. The molecule has 1 heterocycles. The van der Waals surface area contributed by atoms with Gasteiger partial charge >= 0.3 is 0 Å². The molecule has 56 valence electrons. The van der Waals surface area contributed by atoms with E-state index < -0.39 is 0 Å². The zero-order chi connectivity index (χ0) is 7.52. The van der Waals surface area contributed by atoms with Crippen molar-refractivity contribution >= 4 is 6.21 Å². The fraction of sp³-hybridized carbons (Fsp3) is 0.222. The van der Waals surface area contributed by atoms with E-state index in [0.717, 1.165) is 0 Å². The molecule has 0 aromatic heterocycles. The summed E-state index contributed by atoms with van der Waals surface area (Å²) in [6.07, 6.45) is 13.4. The summed E-state index contributed by atoms with van der Waals surface area (Å²) in [5.74, 6) is 0. The van der Waals surface area contributed by atoms with Gasteiger partial charge < -0.3 is 4.74 Å². The fourth-order valence-corrected chi connectivity index (χ4v) is 1.16. The van der Waals surface area contributed by atoms with E-state index in [2.05, 4.69) is 4.99 Å². The summed E-state index contributed by atoms with van der Waals surface area (Å²) in [4.78, 5) is 4.27. The molecule has 0 aromatic rings. The van der Waals surface area contributed by atoms with Crippen LogP contribution >= 0.6 is 0 Å². The Morgan fingerprint density at radius 2 is 2.00 bits per heavy atom. The van der Waals surface area contributed by atoms with Crippen LogP contribution < -0.4 is 0 Å². The van der Waals surface area contributed by atoms with E-state index in [1.54, 1.807) is 18.6 Å². The molecule has 0 saturated heterocycles. The van der Waals surface area contributed by atoms with Crippen molar-refractivity contribution in [1.29, 1.82) is 0 Å². The second kappa shape index (κ2) is 2.74. The summed E-state index contributed by atoms with van der Waals surface area (Å²) in [5.41, 5.74) is 0. The lowest BCUT2D eigenvalue weighted by Gasteiger charge is -2.18. The van der Waals surface area contributed by atoms with Gasteiger partial charge in [-0.05, 0) is 12.2 Å². The van der Waals surface area contributed by atoms with Crippen LogP contribution in [-0.2, 0) is 4.74 Å². The Morgan fingerprint density at radius 3 is 3.00 bits per heavy atom. The standard InChI is InChI=1S/C9H9NO/c1-2-5-9-8(4-1)10-6-3-7-11-9/h1-9H. The normalized spacial score (nSPS) is 32.7. The quantitative estimate of drug-likeness (QED) is 0.508. The van der Waals surface area contributed by atoms with E-state index in [-0.39, 0.29) is 12.1 Å². The highest BCUT2D eigenvalue weighted by atomic mass is 16.5. The zero-order valence-electron chi connectivity index (χ0n) is 6.05. The Bertz CT molecular complexity index is 250. The van der Waals surface area contributed by atoms with Crippen molar-refractivity contribution in [1.82, 2.24) is 0 Å². The highest BCUT2D eigenvalue weighted by molar-refractivity contribution is 5.71. The molecule has 11 heavy (non-hydrogen) atoms. The first-order valence-corrected chi connectivity index (χ1v) is 3.65. The lowest BCUT2D eigenvalue weighted by atomic mass is 10.1. The van der Waals surface area contributed by atoms with Crippen LogP contribution in [0, 0.1) is 0 Å². The smallest absolute Gasteiger partial charge is 0.142 e. The van der Waals surface area contributed by atoms with Crippen LogP contribution in [0.4, 0.5) is 0 Å². The van der Waals surface area contributed by atoms with E-state index in [1.807, 2.05) is 24.3 Å². The van der Waals surface area contributed by atoms with Crippen LogP contribution in [0.5, 0.6) is 0 Å². The monoisotopic (exact) mass is 147 g/mol. The van der Waals surface area contributed by atoms with Crippen LogP contribution in [0.25, 0.3) is 0 Å². The van der Waals surface area contributed by atoms with Crippen molar-refractivity contribution in [2.75, 3.05) is 0 Å². The summed E-state index contributed by atoms with van der Waals surface area (Å²) in [6, 6.07) is 0.162. The minimum atomic E-state index is 0.0926. The Morgan fingerprint density at radius 1 is 1.09 bits per heavy atom. The average molecular weight is 147 g/mol. The maximum absolute atomic E-state index is 5.36. The van der Waals surface area contributed by atoms with Gasteiger partial charge in [-0.1, -0.05) is 18.2 Å². The van der Waals surface area contributed by atoms with Crippen LogP contribution in [0.2, 0.25) is 0 Å². The first kappa shape index (κ1) is 6.40. The van der Waals surface area contributed by atoms with Gasteiger partial charge in [0.15, 0.2) is 0 Å².